The van der Waals surface area contributed by atoms with Gasteiger partial charge in [-0.05, 0) is 30.5 Å². The van der Waals surface area contributed by atoms with E-state index in [0.717, 1.165) is 18.4 Å². The maximum Gasteiger partial charge on any atom is 0.259 e. The molecular weight excluding hydrogens is 379 g/mol. The second kappa shape index (κ2) is 8.57. The number of aliphatic imine (C=N–C) groups is 2. The Kier molecular flexibility index (Phi) is 6.18. The maximum absolute atomic E-state index is 12.4. The number of methoxy groups -OCH3 is 1. The highest BCUT2D eigenvalue weighted by molar-refractivity contribution is 6.42. The monoisotopic (exact) mass is 396 g/mol. The molecule has 0 radical (unpaired) electrons. The van der Waals surface area contributed by atoms with E-state index in [0.29, 0.717) is 35.6 Å². The van der Waals surface area contributed by atoms with Crippen molar-refractivity contribution in [3.05, 3.63) is 33.8 Å². The number of hydrogen-bond acceptors (Lipinski definition) is 6. The van der Waals surface area contributed by atoms with E-state index in [1.807, 2.05) is 6.07 Å². The number of unbranched alkanes of at least 4 members (excludes halogenated alkanes) is 1. The summed E-state index contributed by atoms with van der Waals surface area (Å²) < 4.78 is 5.02. The third kappa shape index (κ3) is 4.38. The number of amidine groups is 1. The molecule has 1 aromatic carbocycles. The minimum absolute atomic E-state index is 0.215. The van der Waals surface area contributed by atoms with Crippen LogP contribution in [0.3, 0.4) is 0 Å². The van der Waals surface area contributed by atoms with Gasteiger partial charge in [-0.25, -0.2) is 4.99 Å². The molecule has 0 saturated heterocycles. The van der Waals surface area contributed by atoms with Crippen molar-refractivity contribution < 1.29 is 9.53 Å². The predicted octanol–water partition coefficient (Wildman–Crippen LogP) is 2.86. The van der Waals surface area contributed by atoms with Gasteiger partial charge in [-0.3, -0.25) is 15.1 Å². The largest absolute Gasteiger partial charge is 0.385 e. The minimum Gasteiger partial charge on any atom is -0.385 e. The molecule has 1 aromatic rings. The first-order valence-electron chi connectivity index (χ1n) is 8.13. The number of nitrogens with one attached hydrogen (secondary N) is 1. The first-order chi connectivity index (χ1) is 12.6. The molecule has 26 heavy (non-hydrogen) atoms. The van der Waals surface area contributed by atoms with Crippen molar-refractivity contribution in [2.45, 2.75) is 25.4 Å². The third-order valence-electron chi connectivity index (χ3n) is 3.89. The molecule has 2 heterocycles. The summed E-state index contributed by atoms with van der Waals surface area (Å²) in [6, 6.07) is 4.65. The van der Waals surface area contributed by atoms with Crippen molar-refractivity contribution in [1.82, 2.24) is 10.3 Å². The first-order valence-corrected chi connectivity index (χ1v) is 8.89. The number of amides is 1. The number of carbonyl (C=O) groups excluding carboxylic acids is 1. The van der Waals surface area contributed by atoms with Crippen molar-refractivity contribution >= 4 is 40.9 Å². The molecule has 3 rings (SSSR count). The molecule has 1 N–H and O–H groups in total. The molecule has 1 unspecified atom stereocenters. The number of guanidine groups is 1. The van der Waals surface area contributed by atoms with E-state index in [-0.39, 0.29) is 11.9 Å². The summed E-state index contributed by atoms with van der Waals surface area (Å²) in [6.07, 6.45) is 1.74. The Bertz CT molecular complexity index is 780. The summed E-state index contributed by atoms with van der Waals surface area (Å²) in [5.74, 6) is 0.334. The SMILES string of the molecule is COCCCCN1N=NC2=NC(=NCc3ccc(Cl)c(Cl)c3)NC(=O)C21. The molecule has 10 heteroatoms. The van der Waals surface area contributed by atoms with Crippen molar-refractivity contribution in [3.63, 3.8) is 0 Å². The van der Waals surface area contributed by atoms with Gasteiger partial charge in [0.25, 0.3) is 5.91 Å². The number of hydrogen-bond donors (Lipinski definition) is 1. The van der Waals surface area contributed by atoms with Gasteiger partial charge < -0.3 is 4.74 Å². The average molecular weight is 397 g/mol. The Morgan fingerprint density at radius 2 is 2.15 bits per heavy atom. The van der Waals surface area contributed by atoms with E-state index >= 15 is 0 Å². The van der Waals surface area contributed by atoms with Gasteiger partial charge in [0.2, 0.25) is 5.96 Å². The van der Waals surface area contributed by atoms with Crippen LogP contribution in [0.1, 0.15) is 18.4 Å². The zero-order valence-electron chi connectivity index (χ0n) is 14.2. The van der Waals surface area contributed by atoms with Crippen LogP contribution in [0.2, 0.25) is 10.0 Å². The van der Waals surface area contributed by atoms with E-state index in [1.54, 1.807) is 24.3 Å². The number of ether oxygens (including phenoxy) is 1. The first kappa shape index (κ1) is 18.8. The maximum atomic E-state index is 12.4. The molecule has 0 bridgehead atoms. The molecule has 2 aliphatic heterocycles. The Morgan fingerprint density at radius 1 is 1.31 bits per heavy atom. The topological polar surface area (TPSA) is 91.0 Å². The van der Waals surface area contributed by atoms with Gasteiger partial charge >= 0.3 is 0 Å². The summed E-state index contributed by atoms with van der Waals surface area (Å²) in [4.78, 5) is 21.0. The van der Waals surface area contributed by atoms with Crippen LogP contribution >= 0.6 is 23.2 Å². The van der Waals surface area contributed by atoms with Gasteiger partial charge in [0.1, 0.15) is 0 Å². The molecule has 1 atom stereocenters. The molecule has 2 aliphatic rings. The Labute approximate surface area is 160 Å². The summed E-state index contributed by atoms with van der Waals surface area (Å²) in [5, 5.41) is 13.3. The lowest BCUT2D eigenvalue weighted by molar-refractivity contribution is -0.122. The van der Waals surface area contributed by atoms with Gasteiger partial charge in [0.05, 0.1) is 16.6 Å². The van der Waals surface area contributed by atoms with Crippen LogP contribution in [-0.2, 0) is 16.1 Å². The van der Waals surface area contributed by atoms with Crippen LogP contribution in [0.5, 0.6) is 0 Å². The van der Waals surface area contributed by atoms with Gasteiger partial charge in [-0.2, -0.15) is 4.99 Å². The number of benzene rings is 1. The zero-order chi connectivity index (χ0) is 18.5. The lowest BCUT2D eigenvalue weighted by Crippen LogP contribution is -2.51. The lowest BCUT2D eigenvalue weighted by Gasteiger charge is -2.23. The van der Waals surface area contributed by atoms with E-state index in [4.69, 9.17) is 27.9 Å². The standard InChI is InChI=1S/C16H18Cl2N6O2/c1-26-7-3-2-6-24-13-14(22-23-24)20-16(21-15(13)25)19-9-10-4-5-11(17)12(18)8-10/h4-5,8,13H,2-3,6-7,9H2,1H3,(H,19,21,25). The number of fused-ring (bicyclic) bond motifs is 1. The highest BCUT2D eigenvalue weighted by Crippen LogP contribution is 2.23. The van der Waals surface area contributed by atoms with Gasteiger partial charge in [0.15, 0.2) is 11.9 Å². The smallest absolute Gasteiger partial charge is 0.259 e. The Hall–Kier alpha value is -2.03. The van der Waals surface area contributed by atoms with Crippen LogP contribution in [0.4, 0.5) is 0 Å². The number of nitrogens with zero attached hydrogens (tertiary/aromatic N) is 5. The lowest BCUT2D eigenvalue weighted by atomic mass is 10.2. The van der Waals surface area contributed by atoms with E-state index in [2.05, 4.69) is 25.6 Å². The fourth-order valence-electron chi connectivity index (χ4n) is 2.57. The van der Waals surface area contributed by atoms with Gasteiger partial charge in [-0.15, -0.1) is 5.11 Å². The van der Waals surface area contributed by atoms with Gasteiger partial charge in [-0.1, -0.05) is 34.5 Å². The number of halogens is 2. The van der Waals surface area contributed by atoms with E-state index < -0.39 is 6.04 Å². The van der Waals surface area contributed by atoms with Crippen molar-refractivity contribution in [3.8, 4) is 0 Å². The van der Waals surface area contributed by atoms with Crippen LogP contribution in [0.15, 0.2) is 38.5 Å². The molecule has 1 amide bonds. The minimum atomic E-state index is -0.596. The molecule has 0 spiro atoms. The van der Waals surface area contributed by atoms with Crippen LogP contribution < -0.4 is 5.32 Å². The quantitative estimate of drug-likeness (QED) is 0.718. The molecule has 0 aromatic heterocycles. The highest BCUT2D eigenvalue weighted by atomic mass is 35.5. The molecule has 0 saturated carbocycles. The predicted molar refractivity (Wildman–Crippen MR) is 99.6 cm³/mol. The van der Waals surface area contributed by atoms with E-state index in [1.165, 1.54) is 0 Å². The molecule has 0 aliphatic carbocycles. The fraction of sp³-hybridized carbons (Fsp3) is 0.438. The van der Waals surface area contributed by atoms with Crippen LogP contribution in [-0.4, -0.2) is 49.0 Å². The van der Waals surface area contributed by atoms with Crippen molar-refractivity contribution in [1.29, 1.82) is 0 Å². The summed E-state index contributed by atoms with van der Waals surface area (Å²) in [5.41, 5.74) is 0.858. The van der Waals surface area contributed by atoms with Crippen LogP contribution in [0, 0.1) is 0 Å². The van der Waals surface area contributed by atoms with Crippen molar-refractivity contribution in [2.24, 2.45) is 20.3 Å². The normalized spacial score (nSPS) is 20.3. The summed E-state index contributed by atoms with van der Waals surface area (Å²) in [6.45, 7) is 1.60. The molecule has 138 valence electrons. The Morgan fingerprint density at radius 3 is 2.92 bits per heavy atom. The second-order valence-electron chi connectivity index (χ2n) is 5.80. The fourth-order valence-corrected chi connectivity index (χ4v) is 2.89. The Balaban J connectivity index is 1.64. The number of carbonyl (C=O) groups is 1. The second-order valence-corrected chi connectivity index (χ2v) is 6.62. The third-order valence-corrected chi connectivity index (χ3v) is 4.63. The molecule has 0 fully saturated rings. The number of rotatable bonds is 7. The van der Waals surface area contributed by atoms with E-state index in [9.17, 15) is 4.79 Å². The van der Waals surface area contributed by atoms with Crippen LogP contribution in [0.25, 0.3) is 0 Å². The summed E-state index contributed by atoms with van der Waals surface area (Å²) >= 11 is 11.9. The van der Waals surface area contributed by atoms with Gasteiger partial charge in [0, 0.05) is 20.3 Å². The molecular formula is C16H18Cl2N6O2. The summed E-state index contributed by atoms with van der Waals surface area (Å²) in [7, 11) is 1.66. The van der Waals surface area contributed by atoms with Crippen molar-refractivity contribution in [2.75, 3.05) is 20.3 Å². The molecule has 8 nitrogen and oxygen atoms in total. The zero-order valence-corrected chi connectivity index (χ0v) is 15.7. The average Bonchev–Trinajstić information content (AvgIpc) is 3.03. The highest BCUT2D eigenvalue weighted by Gasteiger charge is 2.39.